The fourth-order valence-corrected chi connectivity index (χ4v) is 1.59. The standard InChI is InChI=1S/C12H16O2/c1-9-7-11(5-4-6-13)8-10(2)12(9)14-3/h4-5,7-8,13H,6H2,1-3H3. The Morgan fingerprint density at radius 1 is 1.29 bits per heavy atom. The maximum Gasteiger partial charge on any atom is 0.124 e. The van der Waals surface area contributed by atoms with E-state index in [0.29, 0.717) is 0 Å². The van der Waals surface area contributed by atoms with Crippen LogP contribution in [0.15, 0.2) is 18.2 Å². The minimum atomic E-state index is 0.0735. The number of aliphatic hydroxyl groups excluding tert-OH is 1. The van der Waals surface area contributed by atoms with Gasteiger partial charge in [0.15, 0.2) is 0 Å². The summed E-state index contributed by atoms with van der Waals surface area (Å²) in [5.74, 6) is 0.936. The summed E-state index contributed by atoms with van der Waals surface area (Å²) in [6, 6.07) is 4.08. The molecule has 0 aromatic heterocycles. The summed E-state index contributed by atoms with van der Waals surface area (Å²) in [6.07, 6.45) is 3.63. The van der Waals surface area contributed by atoms with Gasteiger partial charge >= 0.3 is 0 Å². The molecule has 1 aromatic rings. The van der Waals surface area contributed by atoms with Gasteiger partial charge in [0.25, 0.3) is 0 Å². The van der Waals surface area contributed by atoms with Gasteiger partial charge in [-0.15, -0.1) is 0 Å². The molecule has 0 radical (unpaired) electrons. The molecule has 0 aliphatic carbocycles. The first-order chi connectivity index (χ1) is 6.69. The smallest absolute Gasteiger partial charge is 0.124 e. The molecule has 2 heteroatoms. The summed E-state index contributed by atoms with van der Waals surface area (Å²) in [7, 11) is 1.68. The Balaban J connectivity index is 3.07. The predicted octanol–water partition coefficient (Wildman–Crippen LogP) is 2.32. The number of methoxy groups -OCH3 is 1. The summed E-state index contributed by atoms with van der Waals surface area (Å²) in [6.45, 7) is 4.11. The van der Waals surface area contributed by atoms with Crippen molar-refractivity contribution in [3.63, 3.8) is 0 Å². The van der Waals surface area contributed by atoms with E-state index in [1.165, 1.54) is 0 Å². The van der Waals surface area contributed by atoms with E-state index in [-0.39, 0.29) is 6.61 Å². The lowest BCUT2D eigenvalue weighted by Gasteiger charge is -2.09. The Labute approximate surface area is 84.8 Å². The molecule has 0 saturated heterocycles. The molecule has 76 valence electrons. The fraction of sp³-hybridized carbons (Fsp3) is 0.333. The Morgan fingerprint density at radius 3 is 2.29 bits per heavy atom. The summed E-state index contributed by atoms with van der Waals surface area (Å²) in [4.78, 5) is 0. The minimum absolute atomic E-state index is 0.0735. The van der Waals surface area contributed by atoms with Crippen LogP contribution in [0.2, 0.25) is 0 Å². The molecule has 0 aliphatic rings. The first-order valence-corrected chi connectivity index (χ1v) is 4.61. The molecule has 1 rings (SSSR count). The molecular formula is C12H16O2. The molecule has 0 heterocycles. The number of benzene rings is 1. The summed E-state index contributed by atoms with van der Waals surface area (Å²) < 4.78 is 5.26. The lowest BCUT2D eigenvalue weighted by Crippen LogP contribution is -1.91. The normalized spacial score (nSPS) is 10.9. The van der Waals surface area contributed by atoms with E-state index in [2.05, 4.69) is 0 Å². The van der Waals surface area contributed by atoms with Crippen molar-refractivity contribution < 1.29 is 9.84 Å². The second-order valence-electron chi connectivity index (χ2n) is 3.27. The van der Waals surface area contributed by atoms with Crippen molar-refractivity contribution in [1.29, 1.82) is 0 Å². The van der Waals surface area contributed by atoms with Crippen LogP contribution in [0, 0.1) is 13.8 Å². The van der Waals surface area contributed by atoms with Gasteiger partial charge in [0, 0.05) is 0 Å². The van der Waals surface area contributed by atoms with Crippen molar-refractivity contribution in [2.24, 2.45) is 0 Å². The van der Waals surface area contributed by atoms with E-state index in [1.807, 2.05) is 32.1 Å². The summed E-state index contributed by atoms with van der Waals surface area (Å²) in [5, 5.41) is 8.66. The molecule has 0 saturated carbocycles. The van der Waals surface area contributed by atoms with Crippen molar-refractivity contribution >= 4 is 6.08 Å². The van der Waals surface area contributed by atoms with Gasteiger partial charge in [-0.05, 0) is 42.7 Å². The third-order valence-electron chi connectivity index (χ3n) is 2.10. The van der Waals surface area contributed by atoms with Crippen LogP contribution in [0.1, 0.15) is 16.7 Å². The SMILES string of the molecule is COc1c(C)cc(C=CCO)cc1C. The zero-order chi connectivity index (χ0) is 10.6. The van der Waals surface area contributed by atoms with Crippen LogP contribution in [-0.2, 0) is 0 Å². The number of ether oxygens (including phenoxy) is 1. The molecule has 0 unspecified atom stereocenters. The van der Waals surface area contributed by atoms with E-state index in [9.17, 15) is 0 Å². The Hall–Kier alpha value is -1.28. The van der Waals surface area contributed by atoms with Crippen LogP contribution in [0.3, 0.4) is 0 Å². The van der Waals surface area contributed by atoms with Crippen LogP contribution in [-0.4, -0.2) is 18.8 Å². The monoisotopic (exact) mass is 192 g/mol. The minimum Gasteiger partial charge on any atom is -0.496 e. The lowest BCUT2D eigenvalue weighted by atomic mass is 10.1. The highest BCUT2D eigenvalue weighted by atomic mass is 16.5. The number of hydrogen-bond acceptors (Lipinski definition) is 2. The highest BCUT2D eigenvalue weighted by Gasteiger charge is 2.02. The van der Waals surface area contributed by atoms with E-state index < -0.39 is 0 Å². The zero-order valence-corrected chi connectivity index (χ0v) is 8.87. The third-order valence-corrected chi connectivity index (χ3v) is 2.10. The van der Waals surface area contributed by atoms with Gasteiger partial charge in [-0.1, -0.05) is 12.2 Å². The van der Waals surface area contributed by atoms with Crippen LogP contribution in [0.25, 0.3) is 6.08 Å². The highest BCUT2D eigenvalue weighted by Crippen LogP contribution is 2.24. The molecular weight excluding hydrogens is 176 g/mol. The Kier molecular flexibility index (Phi) is 3.72. The average molecular weight is 192 g/mol. The average Bonchev–Trinajstić information content (AvgIpc) is 2.14. The second kappa shape index (κ2) is 4.82. The maximum atomic E-state index is 8.66. The lowest BCUT2D eigenvalue weighted by molar-refractivity contribution is 0.343. The predicted molar refractivity (Wildman–Crippen MR) is 58.6 cm³/mol. The number of rotatable bonds is 3. The first-order valence-electron chi connectivity index (χ1n) is 4.61. The second-order valence-corrected chi connectivity index (χ2v) is 3.27. The molecule has 1 aromatic carbocycles. The van der Waals surface area contributed by atoms with E-state index in [4.69, 9.17) is 9.84 Å². The Morgan fingerprint density at radius 2 is 1.86 bits per heavy atom. The van der Waals surface area contributed by atoms with Gasteiger partial charge in [0.2, 0.25) is 0 Å². The van der Waals surface area contributed by atoms with E-state index in [1.54, 1.807) is 13.2 Å². The quantitative estimate of drug-likeness (QED) is 0.796. The first kappa shape index (κ1) is 10.8. The number of hydrogen-bond donors (Lipinski definition) is 1. The van der Waals surface area contributed by atoms with E-state index in [0.717, 1.165) is 22.4 Å². The van der Waals surface area contributed by atoms with Gasteiger partial charge in [-0.2, -0.15) is 0 Å². The Bertz CT molecular complexity index is 317. The van der Waals surface area contributed by atoms with Crippen LogP contribution >= 0.6 is 0 Å². The van der Waals surface area contributed by atoms with Crippen LogP contribution in [0.4, 0.5) is 0 Å². The van der Waals surface area contributed by atoms with Gasteiger partial charge in [-0.25, -0.2) is 0 Å². The van der Waals surface area contributed by atoms with Gasteiger partial charge < -0.3 is 9.84 Å². The van der Waals surface area contributed by atoms with Crippen molar-refractivity contribution in [3.05, 3.63) is 34.9 Å². The number of aryl methyl sites for hydroxylation is 2. The molecule has 0 aliphatic heterocycles. The number of aliphatic hydroxyl groups is 1. The molecule has 0 amide bonds. The largest absolute Gasteiger partial charge is 0.496 e. The van der Waals surface area contributed by atoms with E-state index >= 15 is 0 Å². The molecule has 2 nitrogen and oxygen atoms in total. The van der Waals surface area contributed by atoms with Gasteiger partial charge in [0.1, 0.15) is 5.75 Å². The highest BCUT2D eigenvalue weighted by molar-refractivity contribution is 5.56. The molecule has 0 fully saturated rings. The zero-order valence-electron chi connectivity index (χ0n) is 8.87. The van der Waals surface area contributed by atoms with Gasteiger partial charge in [0.05, 0.1) is 13.7 Å². The fourth-order valence-electron chi connectivity index (χ4n) is 1.59. The van der Waals surface area contributed by atoms with Crippen molar-refractivity contribution in [2.45, 2.75) is 13.8 Å². The summed E-state index contributed by atoms with van der Waals surface area (Å²) in [5.41, 5.74) is 3.32. The molecule has 0 bridgehead atoms. The molecule has 14 heavy (non-hydrogen) atoms. The third kappa shape index (κ3) is 2.36. The van der Waals surface area contributed by atoms with Crippen molar-refractivity contribution in [3.8, 4) is 5.75 Å². The maximum absolute atomic E-state index is 8.66. The van der Waals surface area contributed by atoms with Crippen LogP contribution in [0.5, 0.6) is 5.75 Å². The molecule has 0 atom stereocenters. The topological polar surface area (TPSA) is 29.5 Å². The molecule has 1 N–H and O–H groups in total. The van der Waals surface area contributed by atoms with Crippen LogP contribution < -0.4 is 4.74 Å². The van der Waals surface area contributed by atoms with Gasteiger partial charge in [-0.3, -0.25) is 0 Å². The van der Waals surface area contributed by atoms with Crippen molar-refractivity contribution in [2.75, 3.05) is 13.7 Å². The van der Waals surface area contributed by atoms with Crippen molar-refractivity contribution in [1.82, 2.24) is 0 Å². The molecule has 0 spiro atoms. The summed E-state index contributed by atoms with van der Waals surface area (Å²) >= 11 is 0.